The molecule has 0 fully saturated rings. The molecule has 0 bridgehead atoms. The van der Waals surface area contributed by atoms with Gasteiger partial charge in [0.15, 0.2) is 34.9 Å². The Morgan fingerprint density at radius 2 is 0.413 bits per heavy atom. The molecule has 0 saturated carbocycles. The number of rotatable bonds is 12. The zero-order chi connectivity index (χ0) is 90.9. The van der Waals surface area contributed by atoms with E-state index in [9.17, 15) is 0 Å². The third-order valence-electron chi connectivity index (χ3n) is 27.9. The quantitative estimate of drug-likeness (QED) is 0.105. The molecule has 0 radical (unpaired) electrons. The normalized spacial score (nSPS) is 12.8. The molecule has 10 heterocycles. The van der Waals surface area contributed by atoms with E-state index >= 15 is 0 Å². The molecule has 0 aliphatic heterocycles. The largest absolute Gasteiger partial charge is 0.265 e. The molecule has 14 heteroatoms. The number of benzene rings is 14. The summed E-state index contributed by atoms with van der Waals surface area (Å²) >= 11 is 0. The molecule has 0 unspecified atom stereocenters. The van der Waals surface area contributed by atoms with Gasteiger partial charge in [0.2, 0.25) is 0 Å². The van der Waals surface area contributed by atoms with Gasteiger partial charge in [-0.3, -0.25) is 29.9 Å². The lowest BCUT2D eigenvalue weighted by Crippen LogP contribution is -2.25. The monoisotopic (exact) mass is 1760 g/mol. The molecule has 28 rings (SSSR count). The highest BCUT2D eigenvalue weighted by molar-refractivity contribution is 6.16. The molecule has 0 N–H and O–H groups in total. The van der Waals surface area contributed by atoms with Crippen molar-refractivity contribution in [2.24, 2.45) is 0 Å². The molecule has 4 aliphatic rings. The lowest BCUT2D eigenvalue weighted by atomic mass is 9.70. The van der Waals surface area contributed by atoms with Crippen LogP contribution in [0.4, 0.5) is 0 Å². The van der Waals surface area contributed by atoms with E-state index in [0.29, 0.717) is 34.9 Å². The first-order chi connectivity index (χ1) is 68.4. The Labute approximate surface area is 793 Å². The van der Waals surface area contributed by atoms with E-state index in [2.05, 4.69) is 335 Å². The maximum atomic E-state index is 5.44. The van der Waals surface area contributed by atoms with Gasteiger partial charge in [0, 0.05) is 116 Å². The molecule has 10 aromatic heterocycles. The number of para-hydroxylation sites is 2. The van der Waals surface area contributed by atoms with Crippen LogP contribution in [0.3, 0.4) is 0 Å². The molecule has 14 aromatic carbocycles. The van der Waals surface area contributed by atoms with Crippen LogP contribution in [0.1, 0.15) is 44.5 Å². The summed E-state index contributed by atoms with van der Waals surface area (Å²) in [7, 11) is 0. The van der Waals surface area contributed by atoms with Crippen LogP contribution in [0.15, 0.2) is 450 Å². The van der Waals surface area contributed by atoms with Crippen molar-refractivity contribution in [3.8, 4) is 180 Å². The predicted molar refractivity (Wildman–Crippen MR) is 550 cm³/mol. The zero-order valence-corrected chi connectivity index (χ0v) is 74.0. The van der Waals surface area contributed by atoms with Gasteiger partial charge < -0.3 is 0 Å². The van der Waals surface area contributed by atoms with Gasteiger partial charge in [-0.15, -0.1) is 0 Å². The first kappa shape index (κ1) is 79.1. The van der Waals surface area contributed by atoms with Crippen LogP contribution < -0.4 is 0 Å². The van der Waals surface area contributed by atoms with E-state index in [-0.39, 0.29) is 0 Å². The van der Waals surface area contributed by atoms with Gasteiger partial charge in [0.1, 0.15) is 0 Å². The summed E-state index contributed by atoms with van der Waals surface area (Å²) in [6.07, 6.45) is 14.4. The number of pyridine rings is 8. The lowest BCUT2D eigenvalue weighted by Gasteiger charge is -2.30. The van der Waals surface area contributed by atoms with Crippen LogP contribution >= 0.6 is 0 Å². The Morgan fingerprint density at radius 3 is 0.725 bits per heavy atom. The smallest absolute Gasteiger partial charge is 0.165 e. The van der Waals surface area contributed by atoms with Crippen LogP contribution in [0.5, 0.6) is 0 Å². The standard InChI is InChI=1S/C63H38N6.C61H36N8/c1-5-13-54-47(9-1)48-10-2-6-14-55(48)63(54)56-15-7-3-11-49(56)52-37-53-51(38-57(52)63)50-12-4-8-16-58(50)66-59(53)43-21-27-46(28-22-43)62-68-60(44-23-17-39(18-24-44)41-29-33-64-34-30-41)67-61(69-62)45-25-19-40(20-26-45)42-31-35-65-36-32-42;1-5-17-48-41(13-1)42-14-2-6-18-49(42)61(48)50-19-7-3-15-43(50)46-33-47-45(34-51(46)61)44-16-4-8-20-52(44)66-57(47)37-23-25-38(26-24-37)58-67-59(39-27-29-55(64-35-39)53-21-9-11-31-62-53)69-60(68-58)40-28-30-56(65-36-40)54-22-10-12-32-63-54/h1-38H;1-36H. The van der Waals surface area contributed by atoms with Crippen molar-refractivity contribution in [2.75, 3.05) is 0 Å². The molecule has 0 amide bonds. The van der Waals surface area contributed by atoms with Crippen molar-refractivity contribution >= 4 is 43.4 Å². The van der Waals surface area contributed by atoms with Crippen molar-refractivity contribution < 1.29 is 0 Å². The average molecular weight is 1760 g/mol. The molecule has 0 atom stereocenters. The molecule has 0 saturated heterocycles. The van der Waals surface area contributed by atoms with Crippen LogP contribution in [-0.2, 0) is 10.8 Å². The summed E-state index contributed by atoms with van der Waals surface area (Å²) in [5.41, 5.74) is 38.1. The van der Waals surface area contributed by atoms with Crippen molar-refractivity contribution in [1.82, 2.24) is 69.8 Å². The Bertz CT molecular complexity index is 8200. The van der Waals surface area contributed by atoms with Crippen LogP contribution in [-0.4, -0.2) is 69.8 Å². The lowest BCUT2D eigenvalue weighted by molar-refractivity contribution is 0.795. The maximum absolute atomic E-state index is 5.44. The molecular weight excluding hydrogens is 1690 g/mol. The molecular formula is C124H74N14. The van der Waals surface area contributed by atoms with Crippen molar-refractivity contribution in [3.63, 3.8) is 0 Å². The minimum Gasteiger partial charge on any atom is -0.265 e. The average Bonchev–Trinajstić information content (AvgIpc) is 1.51. The Hall–Kier alpha value is -18.7. The van der Waals surface area contributed by atoms with E-state index in [4.69, 9.17) is 49.8 Å². The minimum absolute atomic E-state index is 0.439. The summed E-state index contributed by atoms with van der Waals surface area (Å²) in [4.78, 5) is 68.2. The van der Waals surface area contributed by atoms with Crippen molar-refractivity contribution in [3.05, 3.63) is 494 Å². The van der Waals surface area contributed by atoms with Crippen LogP contribution in [0, 0.1) is 0 Å². The predicted octanol–water partition coefficient (Wildman–Crippen LogP) is 28.2. The highest BCUT2D eigenvalue weighted by atomic mass is 15.0. The fourth-order valence-electron chi connectivity index (χ4n) is 21.7. The summed E-state index contributed by atoms with van der Waals surface area (Å²) in [5.74, 6) is 3.30. The van der Waals surface area contributed by atoms with E-state index in [0.717, 1.165) is 134 Å². The number of aromatic nitrogens is 14. The van der Waals surface area contributed by atoms with Gasteiger partial charge in [-0.1, -0.05) is 291 Å². The Balaban J connectivity index is 0.000000139. The minimum atomic E-state index is -0.448. The third kappa shape index (κ3) is 12.7. The van der Waals surface area contributed by atoms with E-state index in [1.54, 1.807) is 24.8 Å². The second kappa shape index (κ2) is 32.1. The molecule has 138 heavy (non-hydrogen) atoms. The molecule has 24 aromatic rings. The van der Waals surface area contributed by atoms with Crippen LogP contribution in [0.25, 0.3) is 224 Å². The first-order valence-corrected chi connectivity index (χ1v) is 46.2. The molecule has 2 spiro atoms. The van der Waals surface area contributed by atoms with Crippen molar-refractivity contribution in [2.45, 2.75) is 10.8 Å². The first-order valence-electron chi connectivity index (χ1n) is 46.2. The third-order valence-corrected chi connectivity index (χ3v) is 27.9. The Kier molecular flexibility index (Phi) is 18.4. The summed E-state index contributed by atoms with van der Waals surface area (Å²) < 4.78 is 0. The second-order valence-corrected chi connectivity index (χ2v) is 35.3. The van der Waals surface area contributed by atoms with Gasteiger partial charge in [0.25, 0.3) is 0 Å². The van der Waals surface area contributed by atoms with Gasteiger partial charge >= 0.3 is 0 Å². The highest BCUT2D eigenvalue weighted by Crippen LogP contribution is 2.66. The highest BCUT2D eigenvalue weighted by Gasteiger charge is 2.54. The van der Waals surface area contributed by atoms with Gasteiger partial charge in [0.05, 0.1) is 56.0 Å². The zero-order valence-electron chi connectivity index (χ0n) is 74.0. The maximum Gasteiger partial charge on any atom is 0.165 e. The van der Waals surface area contributed by atoms with E-state index in [1.807, 2.05) is 110 Å². The SMILES string of the molecule is c1ccc(-c2ccc(-c3nc(-c4ccc(-c5nc6ccccc6c6cc7c(cc56)-c5ccccc5C75c6ccccc6-c6ccccc65)cc4)nc(-c4ccc(-c5ccccn5)nc4)n3)cn2)nc1.c1ccc2c(c1)-c1ccccc1C21c2ccccc2-c2cc3c(-c4ccc(-c5nc(-c6ccc(-c7ccncc7)cc6)nc(-c6ccc(-c7ccncc7)cc6)n5)cc4)nc4ccccc4c3cc21. The number of nitrogens with zero attached hydrogens (tertiary/aromatic N) is 14. The Morgan fingerprint density at radius 1 is 0.152 bits per heavy atom. The van der Waals surface area contributed by atoms with Gasteiger partial charge in [-0.2, -0.15) is 0 Å². The van der Waals surface area contributed by atoms with E-state index < -0.39 is 10.8 Å². The fraction of sp³-hybridized carbons (Fsp3) is 0.0161. The molecule has 4 aliphatic carbocycles. The molecule has 640 valence electrons. The number of hydrogen-bond donors (Lipinski definition) is 0. The van der Waals surface area contributed by atoms with Crippen molar-refractivity contribution in [1.29, 1.82) is 0 Å². The van der Waals surface area contributed by atoms with Gasteiger partial charge in [-0.25, -0.2) is 39.9 Å². The van der Waals surface area contributed by atoms with Crippen LogP contribution in [0.2, 0.25) is 0 Å². The molecule has 14 nitrogen and oxygen atoms in total. The van der Waals surface area contributed by atoms with E-state index in [1.165, 1.54) is 99.8 Å². The number of fused-ring (bicyclic) bond motifs is 26. The van der Waals surface area contributed by atoms with Gasteiger partial charge in [-0.05, 0) is 231 Å². The fourth-order valence-corrected chi connectivity index (χ4v) is 21.7. The second-order valence-electron chi connectivity index (χ2n) is 35.3. The summed E-state index contributed by atoms with van der Waals surface area (Å²) in [6, 6.07) is 142. The summed E-state index contributed by atoms with van der Waals surface area (Å²) in [5, 5.41) is 6.82. The topological polar surface area (TPSA) is 180 Å². The number of hydrogen-bond acceptors (Lipinski definition) is 14. The summed E-state index contributed by atoms with van der Waals surface area (Å²) in [6.45, 7) is 0.